The van der Waals surface area contributed by atoms with Crippen LogP contribution in [0, 0.1) is 0 Å². The van der Waals surface area contributed by atoms with E-state index in [1.54, 1.807) is 0 Å². The molecule has 1 heterocycles. The highest BCUT2D eigenvalue weighted by molar-refractivity contribution is 6.13. The van der Waals surface area contributed by atoms with Crippen molar-refractivity contribution < 1.29 is 12.3 Å². The van der Waals surface area contributed by atoms with Gasteiger partial charge in [-0.05, 0) is 66.7 Å². The van der Waals surface area contributed by atoms with Gasteiger partial charge in [0, 0.05) is 16.7 Å². The van der Waals surface area contributed by atoms with E-state index < -0.39 is 54.4 Å². The molecule has 0 bridgehead atoms. The minimum atomic E-state index is -0.578. The molecule has 0 unspecified atom stereocenters. The Morgan fingerprint density at radius 2 is 0.958 bits per heavy atom. The van der Waals surface area contributed by atoms with Crippen LogP contribution in [-0.2, 0) is 0 Å². The summed E-state index contributed by atoms with van der Waals surface area (Å²) in [6.07, 6.45) is 0. The van der Waals surface area contributed by atoms with Gasteiger partial charge < -0.3 is 0 Å². The third-order valence-corrected chi connectivity index (χ3v) is 8.46. The molecule has 224 valence electrons. The number of hydrogen-bond donors (Lipinski definition) is 0. The first-order chi connectivity index (χ1) is 27.5. The maximum atomic E-state index is 9.47. The van der Waals surface area contributed by atoms with Crippen molar-refractivity contribution in [3.05, 3.63) is 176 Å². The fraction of sp³-hybridized carbons (Fsp3) is 0. The van der Waals surface area contributed by atoms with Gasteiger partial charge in [-0.25, -0.2) is 15.0 Å². The Balaban J connectivity index is 1.27. The number of benzene rings is 8. The second-order valence-corrected chi connectivity index (χ2v) is 11.4. The molecule has 0 saturated heterocycles. The Morgan fingerprint density at radius 1 is 0.354 bits per heavy atom. The van der Waals surface area contributed by atoms with E-state index in [1.807, 2.05) is 66.7 Å². The van der Waals surface area contributed by atoms with Gasteiger partial charge in [0.1, 0.15) is 0 Å². The Labute approximate surface area is 291 Å². The van der Waals surface area contributed by atoms with Crippen molar-refractivity contribution in [2.75, 3.05) is 0 Å². The predicted molar refractivity (Wildman–Crippen MR) is 200 cm³/mol. The molecule has 1 aromatic heterocycles. The van der Waals surface area contributed by atoms with Crippen LogP contribution >= 0.6 is 0 Å². The lowest BCUT2D eigenvalue weighted by molar-refractivity contribution is 1.08. The van der Waals surface area contributed by atoms with Crippen LogP contribution in [0.5, 0.6) is 0 Å². The van der Waals surface area contributed by atoms with Gasteiger partial charge in [-0.2, -0.15) is 0 Å². The highest BCUT2D eigenvalue weighted by atomic mass is 15.0. The summed E-state index contributed by atoms with van der Waals surface area (Å²) < 4.78 is 78.9. The van der Waals surface area contributed by atoms with Crippen molar-refractivity contribution in [2.24, 2.45) is 0 Å². The zero-order valence-corrected chi connectivity index (χ0v) is 25.4. The molecule has 0 fully saturated rings. The molecular weight excluding hydrogens is 583 g/mol. The summed E-state index contributed by atoms with van der Waals surface area (Å²) in [5.74, 6) is 0.387. The second-order valence-electron chi connectivity index (χ2n) is 11.4. The van der Waals surface area contributed by atoms with Crippen LogP contribution < -0.4 is 0 Å². The highest BCUT2D eigenvalue weighted by Crippen LogP contribution is 2.36. The number of rotatable bonds is 5. The van der Waals surface area contributed by atoms with Crippen LogP contribution in [0.25, 0.3) is 88.7 Å². The minimum Gasteiger partial charge on any atom is -0.208 e. The molecule has 48 heavy (non-hydrogen) atoms. The van der Waals surface area contributed by atoms with Crippen LogP contribution in [0.3, 0.4) is 0 Å². The molecule has 8 aromatic carbocycles. The second kappa shape index (κ2) is 11.7. The fourth-order valence-electron chi connectivity index (χ4n) is 6.13. The van der Waals surface area contributed by atoms with Crippen LogP contribution in [0.2, 0.25) is 0 Å². The molecule has 0 saturated carbocycles. The van der Waals surface area contributed by atoms with E-state index in [-0.39, 0.29) is 44.6 Å². The maximum Gasteiger partial charge on any atom is 0.164 e. The summed E-state index contributed by atoms with van der Waals surface area (Å²) in [5.41, 5.74) is 5.21. The summed E-state index contributed by atoms with van der Waals surface area (Å²) >= 11 is 0. The standard InChI is InChI=1S/C45H29N3/c1-2-13-33(14-3-1)43-46-44(48-45(47-43)42-29-35-15-5-7-20-39(35)40-21-8-9-22-41(40)42)36-18-10-17-34(28-36)30-24-26-32(27-25-30)38-23-11-16-31-12-4-6-19-37(31)38/h1-29H/i5D,7D,8D,9D,15D,20D,21D,22D,29D. The molecule has 0 aliphatic carbocycles. The Kier molecular flexibility index (Phi) is 4.87. The molecule has 0 spiro atoms. The minimum absolute atomic E-state index is 0.0851. The molecule has 0 amide bonds. The van der Waals surface area contributed by atoms with E-state index in [2.05, 4.69) is 54.6 Å². The zero-order valence-electron chi connectivity index (χ0n) is 34.4. The van der Waals surface area contributed by atoms with Crippen LogP contribution in [0.4, 0.5) is 0 Å². The third kappa shape index (κ3) is 4.99. The first kappa shape index (κ1) is 19.9. The first-order valence-electron chi connectivity index (χ1n) is 20.0. The van der Waals surface area contributed by atoms with Gasteiger partial charge in [0.2, 0.25) is 0 Å². The summed E-state index contributed by atoms with van der Waals surface area (Å²) in [4.78, 5) is 14.5. The number of aromatic nitrogens is 3. The topological polar surface area (TPSA) is 38.7 Å². The Hall–Kier alpha value is -6.45. The lowest BCUT2D eigenvalue weighted by Crippen LogP contribution is -2.01. The largest absolute Gasteiger partial charge is 0.208 e. The van der Waals surface area contributed by atoms with E-state index in [4.69, 9.17) is 25.9 Å². The van der Waals surface area contributed by atoms with Crippen molar-refractivity contribution in [1.29, 1.82) is 0 Å². The van der Waals surface area contributed by atoms with Gasteiger partial charge in [0.05, 0.1) is 12.3 Å². The molecule has 3 nitrogen and oxygen atoms in total. The number of fused-ring (bicyclic) bond motifs is 4. The molecule has 0 radical (unpaired) electrons. The molecule has 0 aliphatic heterocycles. The van der Waals surface area contributed by atoms with Gasteiger partial charge in [-0.3, -0.25) is 0 Å². The number of nitrogens with zero attached hydrogens (tertiary/aromatic N) is 3. The van der Waals surface area contributed by atoms with Gasteiger partial charge >= 0.3 is 0 Å². The molecular formula is C45H29N3. The third-order valence-electron chi connectivity index (χ3n) is 8.46. The molecule has 9 rings (SSSR count). The molecule has 0 atom stereocenters. The molecule has 0 N–H and O–H groups in total. The zero-order chi connectivity index (χ0) is 39.7. The van der Waals surface area contributed by atoms with Crippen molar-refractivity contribution in [3.8, 4) is 56.4 Å². The summed E-state index contributed by atoms with van der Waals surface area (Å²) in [6.45, 7) is 0. The Morgan fingerprint density at radius 3 is 1.81 bits per heavy atom. The normalized spacial score (nSPS) is 14.0. The summed E-state index contributed by atoms with van der Waals surface area (Å²) in [6, 6.07) is 35.0. The summed E-state index contributed by atoms with van der Waals surface area (Å²) in [5, 5.41) is 1.68. The lowest BCUT2D eigenvalue weighted by atomic mass is 9.95. The van der Waals surface area contributed by atoms with E-state index in [1.165, 1.54) is 5.39 Å². The van der Waals surface area contributed by atoms with E-state index in [0.29, 0.717) is 11.1 Å². The van der Waals surface area contributed by atoms with E-state index in [9.17, 15) is 1.37 Å². The van der Waals surface area contributed by atoms with Crippen LogP contribution in [-0.4, -0.2) is 15.0 Å². The average Bonchev–Trinajstić information content (AvgIpc) is 3.25. The Bertz CT molecular complexity index is 3110. The molecule has 9 aromatic rings. The van der Waals surface area contributed by atoms with E-state index in [0.717, 1.165) is 27.6 Å². The fourth-order valence-corrected chi connectivity index (χ4v) is 6.13. The van der Waals surface area contributed by atoms with E-state index >= 15 is 0 Å². The summed E-state index contributed by atoms with van der Waals surface area (Å²) in [7, 11) is 0. The quantitative estimate of drug-likeness (QED) is 0.180. The van der Waals surface area contributed by atoms with Gasteiger partial charge in [-0.1, -0.05) is 164 Å². The molecule has 0 aliphatic rings. The maximum absolute atomic E-state index is 9.47. The van der Waals surface area contributed by atoms with Crippen LogP contribution in [0.15, 0.2) is 176 Å². The van der Waals surface area contributed by atoms with Crippen molar-refractivity contribution in [1.82, 2.24) is 15.0 Å². The van der Waals surface area contributed by atoms with Gasteiger partial charge in [0.15, 0.2) is 17.5 Å². The highest BCUT2D eigenvalue weighted by Gasteiger charge is 2.16. The van der Waals surface area contributed by atoms with Crippen LogP contribution in [0.1, 0.15) is 12.3 Å². The van der Waals surface area contributed by atoms with Crippen molar-refractivity contribution >= 4 is 32.3 Å². The smallest absolute Gasteiger partial charge is 0.164 e. The molecule has 3 heteroatoms. The SMILES string of the molecule is [2H]c1c([2H])c([2H])c2c(c1[2H])c([2H])c(-c1nc(-c3ccccc3)nc(-c3cccc(-c4ccc(-c5cccc6ccccc56)cc4)c3)n1)c1c([2H])c([2H])c([2H])c([2H])c12. The number of hydrogen-bond acceptors (Lipinski definition) is 3. The monoisotopic (exact) mass is 620 g/mol. The van der Waals surface area contributed by atoms with Gasteiger partial charge in [0.25, 0.3) is 0 Å². The average molecular weight is 621 g/mol. The lowest BCUT2D eigenvalue weighted by Gasteiger charge is -2.13. The van der Waals surface area contributed by atoms with Crippen molar-refractivity contribution in [2.45, 2.75) is 0 Å². The first-order valence-corrected chi connectivity index (χ1v) is 15.5. The van der Waals surface area contributed by atoms with Gasteiger partial charge in [-0.15, -0.1) is 0 Å². The van der Waals surface area contributed by atoms with Crippen molar-refractivity contribution in [3.63, 3.8) is 0 Å². The predicted octanol–water partition coefficient (Wildman–Crippen LogP) is 11.7.